The van der Waals surface area contributed by atoms with Crippen molar-refractivity contribution in [1.82, 2.24) is 0 Å². The zero-order valence-electron chi connectivity index (χ0n) is 6.05. The minimum Gasteiger partial charge on any atom is -0.251 e. The van der Waals surface area contributed by atoms with Gasteiger partial charge in [-0.05, 0) is 17.7 Å². The molecule has 0 amide bonds. The number of alkyl halides is 1. The van der Waals surface area contributed by atoms with E-state index in [-0.39, 0.29) is 6.67 Å². The van der Waals surface area contributed by atoms with Gasteiger partial charge in [-0.2, -0.15) is 5.26 Å². The van der Waals surface area contributed by atoms with E-state index in [0.29, 0.717) is 12.0 Å². The zero-order chi connectivity index (χ0) is 8.10. The van der Waals surface area contributed by atoms with Crippen LogP contribution in [-0.4, -0.2) is 6.67 Å². The van der Waals surface area contributed by atoms with Crippen LogP contribution in [0.25, 0.3) is 0 Å². The molecule has 0 spiro atoms. The lowest BCUT2D eigenvalue weighted by molar-refractivity contribution is 0.495. The number of hydrogen-bond donors (Lipinski definition) is 0. The Morgan fingerprint density at radius 2 is 1.91 bits per heavy atom. The van der Waals surface area contributed by atoms with Crippen molar-refractivity contribution in [2.75, 3.05) is 6.67 Å². The lowest BCUT2D eigenvalue weighted by atomic mass is 10.1. The first-order valence-corrected chi connectivity index (χ1v) is 3.42. The van der Waals surface area contributed by atoms with E-state index >= 15 is 0 Å². The number of rotatable bonds is 2. The van der Waals surface area contributed by atoms with Gasteiger partial charge in [0, 0.05) is 6.42 Å². The molecular formula is C9H8FN. The molecule has 0 saturated carbocycles. The average Bonchev–Trinajstić information content (AvgIpc) is 2.07. The third-order valence-electron chi connectivity index (χ3n) is 1.47. The zero-order valence-corrected chi connectivity index (χ0v) is 6.05. The summed E-state index contributed by atoms with van der Waals surface area (Å²) in [5, 5.41) is 8.43. The highest BCUT2D eigenvalue weighted by atomic mass is 19.1. The minimum atomic E-state index is -0.341. The maximum absolute atomic E-state index is 11.8. The summed E-state index contributed by atoms with van der Waals surface area (Å²) >= 11 is 0. The molecule has 2 heteroatoms. The van der Waals surface area contributed by atoms with Crippen LogP contribution >= 0.6 is 0 Å². The Hall–Kier alpha value is -1.36. The first-order valence-electron chi connectivity index (χ1n) is 3.42. The van der Waals surface area contributed by atoms with Crippen LogP contribution in [0.4, 0.5) is 4.39 Å². The molecule has 11 heavy (non-hydrogen) atoms. The third-order valence-corrected chi connectivity index (χ3v) is 1.47. The van der Waals surface area contributed by atoms with Gasteiger partial charge in [-0.3, -0.25) is 4.39 Å². The summed E-state index contributed by atoms with van der Waals surface area (Å²) in [6.45, 7) is -0.341. The van der Waals surface area contributed by atoms with Gasteiger partial charge in [-0.15, -0.1) is 0 Å². The van der Waals surface area contributed by atoms with Crippen molar-refractivity contribution in [3.8, 4) is 6.07 Å². The Morgan fingerprint density at radius 3 is 2.36 bits per heavy atom. The highest BCUT2D eigenvalue weighted by Gasteiger charge is 1.92. The van der Waals surface area contributed by atoms with Gasteiger partial charge in [-0.25, -0.2) is 0 Å². The number of aryl methyl sites for hydroxylation is 1. The van der Waals surface area contributed by atoms with Crippen molar-refractivity contribution >= 4 is 0 Å². The largest absolute Gasteiger partial charge is 0.251 e. The van der Waals surface area contributed by atoms with Crippen molar-refractivity contribution in [3.05, 3.63) is 35.4 Å². The van der Waals surface area contributed by atoms with Gasteiger partial charge in [0.2, 0.25) is 0 Å². The maximum Gasteiger partial charge on any atom is 0.0991 e. The van der Waals surface area contributed by atoms with E-state index in [9.17, 15) is 4.39 Å². The molecule has 1 aromatic rings. The lowest BCUT2D eigenvalue weighted by Gasteiger charge is -1.94. The maximum atomic E-state index is 11.8. The fourth-order valence-corrected chi connectivity index (χ4v) is 0.855. The first kappa shape index (κ1) is 7.74. The molecule has 0 fully saturated rings. The predicted octanol–water partition coefficient (Wildman–Crippen LogP) is 2.07. The Bertz CT molecular complexity index is 258. The van der Waals surface area contributed by atoms with Gasteiger partial charge < -0.3 is 0 Å². The highest BCUT2D eigenvalue weighted by Crippen LogP contribution is 2.03. The summed E-state index contributed by atoms with van der Waals surface area (Å²) < 4.78 is 11.8. The molecule has 1 rings (SSSR count). The molecule has 1 aromatic carbocycles. The van der Waals surface area contributed by atoms with Crippen LogP contribution in [0.1, 0.15) is 11.1 Å². The molecule has 0 saturated heterocycles. The molecule has 0 aliphatic carbocycles. The van der Waals surface area contributed by atoms with E-state index in [1.165, 1.54) is 0 Å². The molecule has 56 valence electrons. The number of nitriles is 1. The summed E-state index contributed by atoms with van der Waals surface area (Å²) in [5.74, 6) is 0. The standard InChI is InChI=1S/C9H8FN/c10-6-5-8-1-3-9(7-11)4-2-8/h1-4H,5-6H2. The number of benzene rings is 1. The predicted molar refractivity (Wildman–Crippen MR) is 40.8 cm³/mol. The van der Waals surface area contributed by atoms with Crippen LogP contribution in [0.3, 0.4) is 0 Å². The average molecular weight is 149 g/mol. The minimum absolute atomic E-state index is 0.341. The van der Waals surface area contributed by atoms with E-state index in [2.05, 4.69) is 0 Å². The van der Waals surface area contributed by atoms with Crippen molar-refractivity contribution in [3.63, 3.8) is 0 Å². The van der Waals surface area contributed by atoms with E-state index in [4.69, 9.17) is 5.26 Å². The van der Waals surface area contributed by atoms with E-state index in [0.717, 1.165) is 5.56 Å². The number of hydrogen-bond acceptors (Lipinski definition) is 1. The van der Waals surface area contributed by atoms with Crippen LogP contribution in [0.15, 0.2) is 24.3 Å². The van der Waals surface area contributed by atoms with Crippen LogP contribution < -0.4 is 0 Å². The van der Waals surface area contributed by atoms with Crippen molar-refractivity contribution in [2.24, 2.45) is 0 Å². The van der Waals surface area contributed by atoms with Crippen molar-refractivity contribution < 1.29 is 4.39 Å². The van der Waals surface area contributed by atoms with Gasteiger partial charge in [-0.1, -0.05) is 12.1 Å². The Morgan fingerprint density at radius 1 is 1.27 bits per heavy atom. The first-order chi connectivity index (χ1) is 5.36. The van der Waals surface area contributed by atoms with E-state index < -0.39 is 0 Å². The molecule has 0 unspecified atom stereocenters. The monoisotopic (exact) mass is 149 g/mol. The smallest absolute Gasteiger partial charge is 0.0991 e. The molecular weight excluding hydrogens is 141 g/mol. The Labute approximate surface area is 65.1 Å². The number of halogens is 1. The molecule has 0 heterocycles. The number of nitrogens with zero attached hydrogens (tertiary/aromatic N) is 1. The summed E-state index contributed by atoms with van der Waals surface area (Å²) in [5.41, 5.74) is 1.55. The third kappa shape index (κ3) is 2.05. The van der Waals surface area contributed by atoms with E-state index in [1.807, 2.05) is 6.07 Å². The molecule has 1 nitrogen and oxygen atoms in total. The molecule has 0 radical (unpaired) electrons. The van der Waals surface area contributed by atoms with Crippen molar-refractivity contribution in [2.45, 2.75) is 6.42 Å². The summed E-state index contributed by atoms with van der Waals surface area (Å²) in [6, 6.07) is 8.95. The summed E-state index contributed by atoms with van der Waals surface area (Å²) in [6.07, 6.45) is 0.436. The van der Waals surface area contributed by atoms with E-state index in [1.54, 1.807) is 24.3 Å². The van der Waals surface area contributed by atoms with Crippen LogP contribution in [-0.2, 0) is 6.42 Å². The normalized spacial score (nSPS) is 9.09. The topological polar surface area (TPSA) is 23.8 Å². The second-order valence-electron chi connectivity index (χ2n) is 2.25. The molecule has 0 atom stereocenters. The molecule has 0 N–H and O–H groups in total. The van der Waals surface area contributed by atoms with Crippen molar-refractivity contribution in [1.29, 1.82) is 5.26 Å². The fourth-order valence-electron chi connectivity index (χ4n) is 0.855. The quantitative estimate of drug-likeness (QED) is 0.631. The fraction of sp³-hybridized carbons (Fsp3) is 0.222. The molecule has 0 aliphatic rings. The molecule has 0 aromatic heterocycles. The second-order valence-corrected chi connectivity index (χ2v) is 2.25. The summed E-state index contributed by atoms with van der Waals surface area (Å²) in [7, 11) is 0. The lowest BCUT2D eigenvalue weighted by Crippen LogP contribution is -1.85. The van der Waals surface area contributed by atoms with Crippen LogP contribution in [0.2, 0.25) is 0 Å². The second kappa shape index (κ2) is 3.72. The Kier molecular flexibility index (Phi) is 2.62. The van der Waals surface area contributed by atoms with Gasteiger partial charge in [0.05, 0.1) is 18.3 Å². The van der Waals surface area contributed by atoms with Gasteiger partial charge in [0.25, 0.3) is 0 Å². The SMILES string of the molecule is N#Cc1ccc(CCF)cc1. The van der Waals surface area contributed by atoms with Crippen LogP contribution in [0, 0.1) is 11.3 Å². The van der Waals surface area contributed by atoms with Gasteiger partial charge in [0.1, 0.15) is 0 Å². The molecule has 0 bridgehead atoms. The highest BCUT2D eigenvalue weighted by molar-refractivity contribution is 5.31. The van der Waals surface area contributed by atoms with Gasteiger partial charge in [0.15, 0.2) is 0 Å². The molecule has 0 aliphatic heterocycles. The summed E-state index contributed by atoms with van der Waals surface area (Å²) in [4.78, 5) is 0. The van der Waals surface area contributed by atoms with Crippen LogP contribution in [0.5, 0.6) is 0 Å². The van der Waals surface area contributed by atoms with Gasteiger partial charge >= 0.3 is 0 Å². The Balaban J connectivity index is 2.76.